The van der Waals surface area contributed by atoms with E-state index >= 15 is 0 Å². The second-order valence-electron chi connectivity index (χ2n) is 7.52. The summed E-state index contributed by atoms with van der Waals surface area (Å²) in [5.41, 5.74) is 0.632. The monoisotopic (exact) mass is 330 g/mol. The van der Waals surface area contributed by atoms with E-state index in [0.29, 0.717) is 5.92 Å². The molecular formula is C18H26N4O2. The number of allylic oxidation sites excluding steroid dienone is 2. The van der Waals surface area contributed by atoms with Crippen LogP contribution in [0.5, 0.6) is 0 Å². The Balaban J connectivity index is 1.57. The lowest BCUT2D eigenvalue weighted by Crippen LogP contribution is -2.40. The number of hydrogen-bond donors (Lipinski definition) is 1. The molecule has 0 saturated carbocycles. The second-order valence-corrected chi connectivity index (χ2v) is 7.52. The Morgan fingerprint density at radius 2 is 2.04 bits per heavy atom. The molecule has 1 N–H and O–H groups in total. The van der Waals surface area contributed by atoms with Crippen molar-refractivity contribution in [3.8, 4) is 0 Å². The highest BCUT2D eigenvalue weighted by Crippen LogP contribution is 2.29. The van der Waals surface area contributed by atoms with Crippen LogP contribution < -0.4 is 10.2 Å². The summed E-state index contributed by atoms with van der Waals surface area (Å²) < 4.78 is 5.33. The van der Waals surface area contributed by atoms with Crippen LogP contribution in [0.15, 0.2) is 24.5 Å². The molecule has 0 bridgehead atoms. The third-order valence-electron chi connectivity index (χ3n) is 4.33. The number of carbonyl (C=O) groups excluding carboxylic acids is 1. The number of ether oxygens (including phenoxy) is 1. The minimum Gasteiger partial charge on any atom is -0.444 e. The van der Waals surface area contributed by atoms with Crippen LogP contribution in [-0.2, 0) is 4.74 Å². The van der Waals surface area contributed by atoms with Crippen LogP contribution in [0.4, 0.5) is 10.6 Å². The van der Waals surface area contributed by atoms with Crippen molar-refractivity contribution >= 4 is 11.9 Å². The molecule has 2 aliphatic rings. The fraction of sp³-hybridized carbons (Fsp3) is 0.611. The SMILES string of the molecule is CC(C)(C)OC(=O)NC1CCN(c2cc(C3CC=CC3)ncn2)C1. The van der Waals surface area contributed by atoms with Crippen molar-refractivity contribution in [3.05, 3.63) is 30.2 Å². The van der Waals surface area contributed by atoms with E-state index in [9.17, 15) is 4.79 Å². The van der Waals surface area contributed by atoms with E-state index in [-0.39, 0.29) is 12.1 Å². The van der Waals surface area contributed by atoms with Crippen molar-refractivity contribution < 1.29 is 9.53 Å². The summed E-state index contributed by atoms with van der Waals surface area (Å²) in [7, 11) is 0. The van der Waals surface area contributed by atoms with Crippen LogP contribution >= 0.6 is 0 Å². The number of rotatable bonds is 3. The topological polar surface area (TPSA) is 67.3 Å². The molecule has 1 saturated heterocycles. The van der Waals surface area contributed by atoms with E-state index in [2.05, 4.69) is 38.4 Å². The van der Waals surface area contributed by atoms with E-state index < -0.39 is 5.60 Å². The van der Waals surface area contributed by atoms with Crippen LogP contribution in [0.3, 0.4) is 0 Å². The van der Waals surface area contributed by atoms with Crippen molar-refractivity contribution in [3.63, 3.8) is 0 Å². The summed E-state index contributed by atoms with van der Waals surface area (Å²) in [5, 5.41) is 2.95. The molecular weight excluding hydrogens is 304 g/mol. The van der Waals surface area contributed by atoms with Gasteiger partial charge >= 0.3 is 6.09 Å². The van der Waals surface area contributed by atoms with Crippen LogP contribution in [-0.4, -0.2) is 40.8 Å². The first-order valence-electron chi connectivity index (χ1n) is 8.62. The molecule has 1 aliphatic heterocycles. The molecule has 1 amide bonds. The standard InChI is InChI=1S/C18H26N4O2/c1-18(2,3)24-17(23)21-14-8-9-22(11-14)16-10-15(19-12-20-16)13-6-4-5-7-13/h4-5,10,12-14H,6-9,11H2,1-3H3,(H,21,23). The summed E-state index contributed by atoms with van der Waals surface area (Å²) in [6.45, 7) is 7.23. The lowest BCUT2D eigenvalue weighted by Gasteiger charge is -2.22. The fourth-order valence-corrected chi connectivity index (χ4v) is 3.18. The number of alkyl carbamates (subject to hydrolysis) is 1. The summed E-state index contributed by atoms with van der Waals surface area (Å²) in [6, 6.07) is 2.18. The van der Waals surface area contributed by atoms with E-state index in [4.69, 9.17) is 4.74 Å². The number of nitrogens with one attached hydrogen (secondary N) is 1. The number of hydrogen-bond acceptors (Lipinski definition) is 5. The van der Waals surface area contributed by atoms with E-state index in [1.807, 2.05) is 20.8 Å². The summed E-state index contributed by atoms with van der Waals surface area (Å²) in [4.78, 5) is 23.0. The van der Waals surface area contributed by atoms with Gasteiger partial charge in [-0.25, -0.2) is 14.8 Å². The zero-order chi connectivity index (χ0) is 17.2. The van der Waals surface area contributed by atoms with Crippen LogP contribution in [0, 0.1) is 0 Å². The second kappa shape index (κ2) is 6.79. The number of amides is 1. The predicted molar refractivity (Wildman–Crippen MR) is 93.1 cm³/mol. The molecule has 1 fully saturated rings. The summed E-state index contributed by atoms with van der Waals surface area (Å²) >= 11 is 0. The van der Waals surface area contributed by atoms with Crippen molar-refractivity contribution in [2.24, 2.45) is 0 Å². The lowest BCUT2D eigenvalue weighted by molar-refractivity contribution is 0.0509. The molecule has 3 rings (SSSR count). The third-order valence-corrected chi connectivity index (χ3v) is 4.33. The molecule has 6 heteroatoms. The van der Waals surface area contributed by atoms with Gasteiger partial charge in [0.25, 0.3) is 0 Å². The normalized spacial score (nSPS) is 21.3. The van der Waals surface area contributed by atoms with Gasteiger partial charge in [-0.05, 0) is 40.0 Å². The van der Waals surface area contributed by atoms with Crippen LogP contribution in [0.2, 0.25) is 0 Å². The Hall–Kier alpha value is -2.11. The van der Waals surface area contributed by atoms with E-state index in [0.717, 1.165) is 43.9 Å². The van der Waals surface area contributed by atoms with Gasteiger partial charge in [0.15, 0.2) is 0 Å². The first kappa shape index (κ1) is 16.7. The van der Waals surface area contributed by atoms with E-state index in [1.54, 1.807) is 6.33 Å². The van der Waals surface area contributed by atoms with Crippen LogP contribution in [0.1, 0.15) is 51.6 Å². The summed E-state index contributed by atoms with van der Waals surface area (Å²) in [6.07, 6.45) is 8.72. The molecule has 1 aliphatic carbocycles. The summed E-state index contributed by atoms with van der Waals surface area (Å²) in [5.74, 6) is 1.42. The molecule has 24 heavy (non-hydrogen) atoms. The van der Waals surface area contributed by atoms with Gasteiger partial charge in [-0.3, -0.25) is 0 Å². The minimum absolute atomic E-state index is 0.0893. The largest absolute Gasteiger partial charge is 0.444 e. The van der Waals surface area contributed by atoms with Gasteiger partial charge in [0, 0.05) is 30.8 Å². The third kappa shape index (κ3) is 4.24. The highest BCUT2D eigenvalue weighted by Gasteiger charge is 2.27. The highest BCUT2D eigenvalue weighted by atomic mass is 16.6. The van der Waals surface area contributed by atoms with Crippen LogP contribution in [0.25, 0.3) is 0 Å². The maximum Gasteiger partial charge on any atom is 0.407 e. The molecule has 2 heterocycles. The first-order valence-corrected chi connectivity index (χ1v) is 8.62. The predicted octanol–water partition coefficient (Wildman–Crippen LogP) is 3.01. The smallest absolute Gasteiger partial charge is 0.407 e. The van der Waals surface area contributed by atoms with E-state index in [1.165, 1.54) is 0 Å². The molecule has 0 radical (unpaired) electrons. The van der Waals surface area contributed by atoms with Crippen molar-refractivity contribution in [2.75, 3.05) is 18.0 Å². The molecule has 0 aromatic carbocycles. The molecule has 1 unspecified atom stereocenters. The van der Waals surface area contributed by atoms with Crippen molar-refractivity contribution in [1.29, 1.82) is 0 Å². The van der Waals surface area contributed by atoms with Gasteiger partial charge < -0.3 is 15.0 Å². The number of nitrogens with zero attached hydrogens (tertiary/aromatic N) is 3. The van der Waals surface area contributed by atoms with Gasteiger partial charge in [-0.15, -0.1) is 0 Å². The number of carbonyl (C=O) groups is 1. The van der Waals surface area contributed by atoms with Gasteiger partial charge in [0.1, 0.15) is 17.7 Å². The average Bonchev–Trinajstić information content (AvgIpc) is 3.16. The zero-order valence-electron chi connectivity index (χ0n) is 14.7. The molecule has 1 aromatic rings. The molecule has 6 nitrogen and oxygen atoms in total. The number of aromatic nitrogens is 2. The number of anilines is 1. The Morgan fingerprint density at radius 3 is 2.75 bits per heavy atom. The maximum absolute atomic E-state index is 11.9. The Bertz CT molecular complexity index is 616. The fourth-order valence-electron chi connectivity index (χ4n) is 3.18. The van der Waals surface area contributed by atoms with Gasteiger partial charge in [-0.1, -0.05) is 12.2 Å². The quantitative estimate of drug-likeness (QED) is 0.863. The van der Waals surface area contributed by atoms with Crippen molar-refractivity contribution in [2.45, 2.75) is 57.6 Å². The van der Waals surface area contributed by atoms with Gasteiger partial charge in [-0.2, -0.15) is 0 Å². The zero-order valence-corrected chi connectivity index (χ0v) is 14.7. The Morgan fingerprint density at radius 1 is 1.29 bits per heavy atom. The average molecular weight is 330 g/mol. The maximum atomic E-state index is 11.9. The molecule has 130 valence electrons. The highest BCUT2D eigenvalue weighted by molar-refractivity contribution is 5.68. The minimum atomic E-state index is -0.473. The van der Waals surface area contributed by atoms with Gasteiger partial charge in [0.2, 0.25) is 0 Å². The Kier molecular flexibility index (Phi) is 4.73. The Labute approximate surface area is 143 Å². The van der Waals surface area contributed by atoms with Crippen molar-refractivity contribution in [1.82, 2.24) is 15.3 Å². The first-order chi connectivity index (χ1) is 11.4. The van der Waals surface area contributed by atoms with Gasteiger partial charge in [0.05, 0.1) is 6.04 Å². The molecule has 1 aromatic heterocycles. The molecule has 0 spiro atoms. The molecule has 1 atom stereocenters. The lowest BCUT2D eigenvalue weighted by atomic mass is 10.0.